The van der Waals surface area contributed by atoms with Crippen molar-refractivity contribution in [3.8, 4) is 0 Å². The van der Waals surface area contributed by atoms with Crippen molar-refractivity contribution in [1.29, 1.82) is 0 Å². The first-order chi connectivity index (χ1) is 10.1. The largest absolute Gasteiger partial charge is 0.349 e. The van der Waals surface area contributed by atoms with Crippen LogP contribution in [-0.4, -0.2) is 27.6 Å². The molecule has 6 heteroatoms. The molecule has 1 aromatic carbocycles. The first-order valence-electron chi connectivity index (χ1n) is 7.09. The fraction of sp³-hybridized carbons (Fsp3) is 0.400. The average Bonchev–Trinajstić information content (AvgIpc) is 3.18. The number of rotatable bonds is 5. The average molecular weight is 288 g/mol. The number of aromatic amines is 1. The fourth-order valence-electron chi connectivity index (χ4n) is 2.24. The molecule has 0 aliphatic heterocycles. The third-order valence-corrected chi connectivity index (χ3v) is 3.65. The number of hydrogen-bond acceptors (Lipinski definition) is 3. The summed E-state index contributed by atoms with van der Waals surface area (Å²) in [6, 6.07) is 4.67. The standard InChI is InChI=1S/C15H17FN4O/c1-9-8-12(16)5-4-10(9)6-7-17-15(21)14-18-13(19-20-14)11-2-3-11/h4-5,8,11H,2-3,6-7H2,1H3,(H,17,21)(H,18,19,20). The number of aryl methyl sites for hydroxylation is 1. The second kappa shape index (κ2) is 5.63. The van der Waals surface area contributed by atoms with Crippen LogP contribution in [-0.2, 0) is 6.42 Å². The summed E-state index contributed by atoms with van der Waals surface area (Å²) in [4.78, 5) is 16.1. The third-order valence-electron chi connectivity index (χ3n) is 3.65. The maximum Gasteiger partial charge on any atom is 0.290 e. The van der Waals surface area contributed by atoms with Crippen LogP contribution in [0.5, 0.6) is 0 Å². The Morgan fingerprint density at radius 1 is 1.48 bits per heavy atom. The molecule has 0 unspecified atom stereocenters. The highest BCUT2D eigenvalue weighted by molar-refractivity contribution is 5.90. The van der Waals surface area contributed by atoms with Crippen LogP contribution in [0.3, 0.4) is 0 Å². The molecule has 0 saturated heterocycles. The lowest BCUT2D eigenvalue weighted by Crippen LogP contribution is -2.27. The lowest BCUT2D eigenvalue weighted by atomic mass is 10.1. The Kier molecular flexibility index (Phi) is 3.68. The molecule has 21 heavy (non-hydrogen) atoms. The number of carbonyl (C=O) groups excluding carboxylic acids is 1. The van der Waals surface area contributed by atoms with Gasteiger partial charge in [-0.1, -0.05) is 6.07 Å². The molecular formula is C15H17FN4O. The zero-order valence-electron chi connectivity index (χ0n) is 11.8. The summed E-state index contributed by atoms with van der Waals surface area (Å²) in [6.45, 7) is 2.33. The van der Waals surface area contributed by atoms with Crippen molar-refractivity contribution >= 4 is 5.91 Å². The van der Waals surface area contributed by atoms with Gasteiger partial charge in [0, 0.05) is 12.5 Å². The van der Waals surface area contributed by atoms with Crippen LogP contribution in [0.25, 0.3) is 0 Å². The van der Waals surface area contributed by atoms with E-state index in [4.69, 9.17) is 0 Å². The SMILES string of the molecule is Cc1cc(F)ccc1CCNC(=O)c1n[nH]c(C2CC2)n1. The minimum absolute atomic E-state index is 0.188. The van der Waals surface area contributed by atoms with E-state index >= 15 is 0 Å². The highest BCUT2D eigenvalue weighted by Crippen LogP contribution is 2.37. The Morgan fingerprint density at radius 2 is 2.29 bits per heavy atom. The van der Waals surface area contributed by atoms with Crippen molar-refractivity contribution in [3.63, 3.8) is 0 Å². The summed E-state index contributed by atoms with van der Waals surface area (Å²) in [6.07, 6.45) is 2.87. The molecule has 2 aromatic rings. The predicted molar refractivity (Wildman–Crippen MR) is 75.5 cm³/mol. The van der Waals surface area contributed by atoms with Crippen LogP contribution in [0.4, 0.5) is 4.39 Å². The van der Waals surface area contributed by atoms with Crippen LogP contribution < -0.4 is 5.32 Å². The molecule has 5 nitrogen and oxygen atoms in total. The predicted octanol–water partition coefficient (Wildman–Crippen LogP) is 2.10. The van der Waals surface area contributed by atoms with Gasteiger partial charge in [0.25, 0.3) is 5.91 Å². The molecule has 1 aliphatic carbocycles. The summed E-state index contributed by atoms with van der Waals surface area (Å²) < 4.78 is 13.0. The molecule has 0 spiro atoms. The summed E-state index contributed by atoms with van der Waals surface area (Å²) >= 11 is 0. The van der Waals surface area contributed by atoms with E-state index in [9.17, 15) is 9.18 Å². The van der Waals surface area contributed by atoms with Crippen LogP contribution in [0.2, 0.25) is 0 Å². The van der Waals surface area contributed by atoms with E-state index in [1.54, 1.807) is 6.07 Å². The Hall–Kier alpha value is -2.24. The molecule has 2 N–H and O–H groups in total. The molecule has 0 atom stereocenters. The molecule has 3 rings (SSSR count). The van der Waals surface area contributed by atoms with Crippen LogP contribution in [0.1, 0.15) is 46.3 Å². The van der Waals surface area contributed by atoms with Crippen molar-refractivity contribution in [2.24, 2.45) is 0 Å². The number of nitrogens with one attached hydrogen (secondary N) is 2. The molecule has 1 amide bonds. The van der Waals surface area contributed by atoms with Crippen molar-refractivity contribution in [2.75, 3.05) is 6.54 Å². The number of H-pyrrole nitrogens is 1. The van der Waals surface area contributed by atoms with E-state index in [1.165, 1.54) is 12.1 Å². The lowest BCUT2D eigenvalue weighted by Gasteiger charge is -2.06. The minimum atomic E-state index is -0.280. The smallest absolute Gasteiger partial charge is 0.290 e. The van der Waals surface area contributed by atoms with Gasteiger partial charge in [0.1, 0.15) is 11.6 Å². The minimum Gasteiger partial charge on any atom is -0.349 e. The fourth-order valence-corrected chi connectivity index (χ4v) is 2.24. The van der Waals surface area contributed by atoms with Gasteiger partial charge in [-0.15, -0.1) is 5.10 Å². The molecule has 1 fully saturated rings. The van der Waals surface area contributed by atoms with Gasteiger partial charge >= 0.3 is 0 Å². The van der Waals surface area contributed by atoms with Gasteiger partial charge in [-0.2, -0.15) is 0 Å². The van der Waals surface area contributed by atoms with Gasteiger partial charge in [0.15, 0.2) is 0 Å². The molecular weight excluding hydrogens is 271 g/mol. The van der Waals surface area contributed by atoms with Crippen LogP contribution in [0, 0.1) is 12.7 Å². The second-order valence-corrected chi connectivity index (χ2v) is 5.40. The first-order valence-corrected chi connectivity index (χ1v) is 7.09. The van der Waals surface area contributed by atoms with Crippen molar-refractivity contribution in [3.05, 3.63) is 46.8 Å². The number of carbonyl (C=O) groups is 1. The Balaban J connectivity index is 1.53. The number of halogens is 1. The Bertz CT molecular complexity index is 663. The summed E-state index contributed by atoms with van der Waals surface area (Å²) in [7, 11) is 0. The van der Waals surface area contributed by atoms with Crippen molar-refractivity contribution in [1.82, 2.24) is 20.5 Å². The van der Waals surface area contributed by atoms with E-state index in [2.05, 4.69) is 20.5 Å². The number of benzene rings is 1. The summed E-state index contributed by atoms with van der Waals surface area (Å²) in [5, 5.41) is 9.53. The van der Waals surface area contributed by atoms with Gasteiger partial charge in [-0.3, -0.25) is 9.89 Å². The van der Waals surface area contributed by atoms with Gasteiger partial charge < -0.3 is 5.32 Å². The molecule has 0 bridgehead atoms. The quantitative estimate of drug-likeness (QED) is 0.885. The van der Waals surface area contributed by atoms with E-state index < -0.39 is 0 Å². The molecule has 110 valence electrons. The molecule has 1 aromatic heterocycles. The number of amides is 1. The van der Waals surface area contributed by atoms with Crippen LogP contribution >= 0.6 is 0 Å². The van der Waals surface area contributed by atoms with Gasteiger partial charge in [-0.05, 0) is 49.4 Å². The summed E-state index contributed by atoms with van der Waals surface area (Å²) in [5.74, 6) is 0.912. The summed E-state index contributed by atoms with van der Waals surface area (Å²) in [5.41, 5.74) is 1.91. The lowest BCUT2D eigenvalue weighted by molar-refractivity contribution is 0.0944. The first kappa shape index (κ1) is 13.7. The van der Waals surface area contributed by atoms with E-state index in [0.717, 1.165) is 29.8 Å². The van der Waals surface area contributed by atoms with Crippen molar-refractivity contribution < 1.29 is 9.18 Å². The number of hydrogen-bond donors (Lipinski definition) is 2. The molecule has 1 heterocycles. The number of nitrogens with zero attached hydrogens (tertiary/aromatic N) is 2. The molecule has 1 aliphatic rings. The highest BCUT2D eigenvalue weighted by atomic mass is 19.1. The van der Waals surface area contributed by atoms with Gasteiger partial charge in [0.05, 0.1) is 0 Å². The highest BCUT2D eigenvalue weighted by Gasteiger charge is 2.28. The van der Waals surface area contributed by atoms with E-state index in [0.29, 0.717) is 18.9 Å². The zero-order chi connectivity index (χ0) is 14.8. The monoisotopic (exact) mass is 288 g/mol. The third kappa shape index (κ3) is 3.26. The molecule has 0 radical (unpaired) electrons. The maximum absolute atomic E-state index is 13.0. The zero-order valence-corrected chi connectivity index (χ0v) is 11.8. The van der Waals surface area contributed by atoms with Crippen LogP contribution in [0.15, 0.2) is 18.2 Å². The Morgan fingerprint density at radius 3 is 3.00 bits per heavy atom. The van der Waals surface area contributed by atoms with Crippen molar-refractivity contribution in [2.45, 2.75) is 32.1 Å². The second-order valence-electron chi connectivity index (χ2n) is 5.40. The molecule has 1 saturated carbocycles. The topological polar surface area (TPSA) is 70.7 Å². The normalized spacial score (nSPS) is 14.2. The van der Waals surface area contributed by atoms with Gasteiger partial charge in [0.2, 0.25) is 5.82 Å². The Labute approximate surface area is 122 Å². The van der Waals surface area contributed by atoms with Gasteiger partial charge in [-0.25, -0.2) is 9.37 Å². The number of aromatic nitrogens is 3. The van der Waals surface area contributed by atoms with E-state index in [1.807, 2.05) is 6.92 Å². The van der Waals surface area contributed by atoms with E-state index in [-0.39, 0.29) is 17.5 Å². The maximum atomic E-state index is 13.0.